The normalized spacial score (nSPS) is 29.1. The summed E-state index contributed by atoms with van der Waals surface area (Å²) >= 11 is 0. The summed E-state index contributed by atoms with van der Waals surface area (Å²) in [5, 5.41) is 20.2. The number of rotatable bonds is 1. The van der Waals surface area contributed by atoms with Gasteiger partial charge < -0.3 is 14.9 Å². The maximum atomic E-state index is 12.7. The molecule has 1 aromatic carbocycles. The van der Waals surface area contributed by atoms with Gasteiger partial charge in [0, 0.05) is 17.0 Å². The molecule has 0 bridgehead atoms. The largest absolute Gasteiger partial charge is 0.492 e. The molecule has 5 heteroatoms. The molecule has 4 rings (SSSR count). The van der Waals surface area contributed by atoms with E-state index in [2.05, 4.69) is 0 Å². The number of aliphatic hydroxyl groups is 2. The third kappa shape index (κ3) is 1.80. The van der Waals surface area contributed by atoms with Crippen LogP contribution in [-0.2, 0) is 21.6 Å². The van der Waals surface area contributed by atoms with E-state index in [9.17, 15) is 19.8 Å². The van der Waals surface area contributed by atoms with Gasteiger partial charge in [-0.3, -0.25) is 9.59 Å². The zero-order valence-corrected chi connectivity index (χ0v) is 12.9. The van der Waals surface area contributed by atoms with E-state index in [1.807, 2.05) is 6.92 Å². The Kier molecular flexibility index (Phi) is 3.02. The number of Topliss-reactive ketones (excluding diaryl/α,β-unsaturated/α-hetero) is 2. The molecule has 2 N–H and O–H groups in total. The fourth-order valence-corrected chi connectivity index (χ4v) is 4.03. The highest BCUT2D eigenvalue weighted by Gasteiger charge is 2.44. The molecule has 1 aliphatic heterocycles. The topological polar surface area (TPSA) is 83.8 Å². The summed E-state index contributed by atoms with van der Waals surface area (Å²) in [5.41, 5.74) is 1.36. The molecule has 0 amide bonds. The van der Waals surface area contributed by atoms with Crippen LogP contribution in [0.3, 0.4) is 0 Å². The second kappa shape index (κ2) is 4.76. The molecular weight excluding hydrogens is 296 g/mol. The molecule has 0 aromatic heterocycles. The first kappa shape index (κ1) is 14.6. The van der Waals surface area contributed by atoms with Gasteiger partial charge in [0.15, 0.2) is 0 Å². The molecule has 2 aliphatic carbocycles. The SMILES string of the molecule is CC1COC2=C1C(=O)C(=O)c1c2ccc2c1CCCC2(O)CO. The Morgan fingerprint density at radius 2 is 2.09 bits per heavy atom. The Morgan fingerprint density at radius 3 is 2.83 bits per heavy atom. The fraction of sp³-hybridized carbons (Fsp3) is 0.444. The molecule has 1 aromatic rings. The van der Waals surface area contributed by atoms with Crippen LogP contribution >= 0.6 is 0 Å². The Morgan fingerprint density at radius 1 is 1.30 bits per heavy atom. The molecule has 0 radical (unpaired) electrons. The molecule has 2 atom stereocenters. The van der Waals surface area contributed by atoms with Crippen LogP contribution in [0.25, 0.3) is 5.76 Å². The number of aliphatic hydroxyl groups excluding tert-OH is 1. The average molecular weight is 314 g/mol. The maximum Gasteiger partial charge on any atom is 0.234 e. The van der Waals surface area contributed by atoms with Gasteiger partial charge in [0.05, 0.1) is 18.8 Å². The average Bonchev–Trinajstić information content (AvgIpc) is 2.94. The van der Waals surface area contributed by atoms with Gasteiger partial charge in [0.1, 0.15) is 11.4 Å². The van der Waals surface area contributed by atoms with Crippen molar-refractivity contribution in [1.82, 2.24) is 0 Å². The van der Waals surface area contributed by atoms with Crippen LogP contribution in [0.1, 0.15) is 46.8 Å². The summed E-state index contributed by atoms with van der Waals surface area (Å²) in [6, 6.07) is 3.49. The van der Waals surface area contributed by atoms with Crippen molar-refractivity contribution in [1.29, 1.82) is 0 Å². The summed E-state index contributed by atoms with van der Waals surface area (Å²) < 4.78 is 5.68. The molecule has 0 saturated heterocycles. The summed E-state index contributed by atoms with van der Waals surface area (Å²) in [5.74, 6) is -0.586. The molecular formula is C18H18O5. The quantitative estimate of drug-likeness (QED) is 0.764. The number of ketones is 2. The van der Waals surface area contributed by atoms with Gasteiger partial charge in [0.25, 0.3) is 0 Å². The number of ether oxygens (including phenoxy) is 1. The third-order valence-corrected chi connectivity index (χ3v) is 5.23. The first-order valence-corrected chi connectivity index (χ1v) is 7.94. The summed E-state index contributed by atoms with van der Waals surface area (Å²) in [4.78, 5) is 25.2. The standard InChI is InChI=1S/C18H18O5/c1-9-7-23-17-11-4-5-12-10(3-2-6-18(12,22)8-19)14(11)16(21)15(20)13(9)17/h4-5,9,19,22H,2-3,6-8H2,1H3. The minimum Gasteiger partial charge on any atom is -0.492 e. The molecule has 0 spiro atoms. The van der Waals surface area contributed by atoms with Crippen molar-refractivity contribution >= 4 is 17.3 Å². The van der Waals surface area contributed by atoms with Gasteiger partial charge >= 0.3 is 0 Å². The molecule has 5 nitrogen and oxygen atoms in total. The van der Waals surface area contributed by atoms with E-state index in [1.165, 1.54) is 0 Å². The monoisotopic (exact) mass is 314 g/mol. The second-order valence-corrected chi connectivity index (χ2v) is 6.67. The Bertz CT molecular complexity index is 776. The minimum absolute atomic E-state index is 0.0833. The lowest BCUT2D eigenvalue weighted by molar-refractivity contribution is -0.112. The van der Waals surface area contributed by atoms with E-state index < -0.39 is 23.8 Å². The number of carbonyl (C=O) groups excluding carboxylic acids is 2. The van der Waals surface area contributed by atoms with E-state index in [0.29, 0.717) is 59.5 Å². The molecule has 1 heterocycles. The molecule has 23 heavy (non-hydrogen) atoms. The number of fused-ring (bicyclic) bond motifs is 4. The summed E-state index contributed by atoms with van der Waals surface area (Å²) in [7, 11) is 0. The predicted molar refractivity (Wildman–Crippen MR) is 81.7 cm³/mol. The van der Waals surface area contributed by atoms with Crippen molar-refractivity contribution < 1.29 is 24.5 Å². The summed E-state index contributed by atoms with van der Waals surface area (Å²) in [6.07, 6.45) is 1.71. The van der Waals surface area contributed by atoms with E-state index in [0.717, 1.165) is 0 Å². The maximum absolute atomic E-state index is 12.7. The Hall–Kier alpha value is -1.98. The van der Waals surface area contributed by atoms with Crippen LogP contribution in [0.2, 0.25) is 0 Å². The predicted octanol–water partition coefficient (Wildman–Crippen LogP) is 1.35. The Labute approximate surface area is 133 Å². The second-order valence-electron chi connectivity index (χ2n) is 6.67. The third-order valence-electron chi connectivity index (χ3n) is 5.23. The van der Waals surface area contributed by atoms with Crippen molar-refractivity contribution in [3.63, 3.8) is 0 Å². The first-order chi connectivity index (χ1) is 11.0. The highest BCUT2D eigenvalue weighted by molar-refractivity contribution is 6.52. The zero-order valence-electron chi connectivity index (χ0n) is 12.9. The van der Waals surface area contributed by atoms with Crippen LogP contribution in [0.4, 0.5) is 0 Å². The highest BCUT2D eigenvalue weighted by atomic mass is 16.5. The van der Waals surface area contributed by atoms with Gasteiger partial charge in [-0.1, -0.05) is 19.1 Å². The lowest BCUT2D eigenvalue weighted by Crippen LogP contribution is -2.36. The van der Waals surface area contributed by atoms with Gasteiger partial charge in [0.2, 0.25) is 11.6 Å². The van der Waals surface area contributed by atoms with Crippen molar-refractivity contribution in [2.24, 2.45) is 5.92 Å². The lowest BCUT2D eigenvalue weighted by atomic mass is 9.73. The van der Waals surface area contributed by atoms with Gasteiger partial charge in [-0.2, -0.15) is 0 Å². The number of carbonyl (C=O) groups is 2. The van der Waals surface area contributed by atoms with Gasteiger partial charge in [-0.25, -0.2) is 0 Å². The number of hydrogen-bond donors (Lipinski definition) is 2. The van der Waals surface area contributed by atoms with E-state index in [4.69, 9.17) is 4.74 Å². The van der Waals surface area contributed by atoms with E-state index in [1.54, 1.807) is 12.1 Å². The van der Waals surface area contributed by atoms with Crippen molar-refractivity contribution in [3.8, 4) is 0 Å². The first-order valence-electron chi connectivity index (χ1n) is 7.94. The van der Waals surface area contributed by atoms with Crippen molar-refractivity contribution in [3.05, 3.63) is 40.0 Å². The zero-order chi connectivity index (χ0) is 16.4. The molecule has 2 unspecified atom stereocenters. The van der Waals surface area contributed by atoms with Gasteiger partial charge in [-0.15, -0.1) is 0 Å². The lowest BCUT2D eigenvalue weighted by Gasteiger charge is -2.35. The molecule has 0 fully saturated rings. The van der Waals surface area contributed by atoms with Crippen LogP contribution in [0.5, 0.6) is 0 Å². The number of hydrogen-bond acceptors (Lipinski definition) is 5. The smallest absolute Gasteiger partial charge is 0.234 e. The van der Waals surface area contributed by atoms with Gasteiger partial charge in [-0.05, 0) is 30.4 Å². The van der Waals surface area contributed by atoms with Crippen LogP contribution in [0.15, 0.2) is 17.7 Å². The van der Waals surface area contributed by atoms with E-state index in [-0.39, 0.29) is 5.92 Å². The highest BCUT2D eigenvalue weighted by Crippen LogP contribution is 2.44. The van der Waals surface area contributed by atoms with Crippen molar-refractivity contribution in [2.45, 2.75) is 31.8 Å². The Balaban J connectivity index is 2.00. The fourth-order valence-electron chi connectivity index (χ4n) is 4.03. The van der Waals surface area contributed by atoms with E-state index >= 15 is 0 Å². The van der Waals surface area contributed by atoms with Crippen LogP contribution in [0, 0.1) is 5.92 Å². The molecule has 3 aliphatic rings. The summed E-state index contributed by atoms with van der Waals surface area (Å²) in [6.45, 7) is 1.88. The van der Waals surface area contributed by atoms with Crippen molar-refractivity contribution in [2.75, 3.05) is 13.2 Å². The molecule has 0 saturated carbocycles. The minimum atomic E-state index is -1.34. The number of benzene rings is 1. The van der Waals surface area contributed by atoms with Crippen LogP contribution in [-0.4, -0.2) is 35.0 Å². The molecule has 120 valence electrons. The van der Waals surface area contributed by atoms with Crippen LogP contribution < -0.4 is 0 Å².